The highest BCUT2D eigenvalue weighted by Crippen LogP contribution is 2.31. The fourth-order valence-corrected chi connectivity index (χ4v) is 3.90. The number of piperidine rings is 1. The number of carbonyl (C=O) groups excluding carboxylic acids is 1. The number of hydrogen-bond donors (Lipinski definition) is 2. The van der Waals surface area contributed by atoms with Gasteiger partial charge in [0.2, 0.25) is 0 Å². The van der Waals surface area contributed by atoms with Crippen molar-refractivity contribution in [1.29, 1.82) is 0 Å². The SMILES string of the molecule is O=C(Nc1ncc(C2CCNCC2)s1)c1ccc(-n2cncn2)cc1. The van der Waals surface area contributed by atoms with Gasteiger partial charge in [0.15, 0.2) is 5.13 Å². The molecule has 4 rings (SSSR count). The molecule has 0 spiro atoms. The molecular weight excluding hydrogens is 336 g/mol. The molecule has 25 heavy (non-hydrogen) atoms. The van der Waals surface area contributed by atoms with E-state index in [-0.39, 0.29) is 5.91 Å². The summed E-state index contributed by atoms with van der Waals surface area (Å²) in [6, 6.07) is 7.22. The van der Waals surface area contributed by atoms with E-state index in [1.54, 1.807) is 34.5 Å². The average molecular weight is 354 g/mol. The minimum atomic E-state index is -0.156. The van der Waals surface area contributed by atoms with Crippen LogP contribution >= 0.6 is 11.3 Å². The highest BCUT2D eigenvalue weighted by Gasteiger charge is 2.18. The maximum atomic E-state index is 12.4. The third-order valence-electron chi connectivity index (χ3n) is 4.30. The zero-order valence-corrected chi connectivity index (χ0v) is 14.4. The lowest BCUT2D eigenvalue weighted by Gasteiger charge is -2.20. The minimum Gasteiger partial charge on any atom is -0.317 e. The second-order valence-corrected chi connectivity index (χ2v) is 7.00. The fourth-order valence-electron chi connectivity index (χ4n) is 2.92. The molecule has 0 saturated carbocycles. The lowest BCUT2D eigenvalue weighted by Crippen LogP contribution is -2.26. The van der Waals surface area contributed by atoms with E-state index in [9.17, 15) is 4.79 Å². The zero-order valence-electron chi connectivity index (χ0n) is 13.6. The van der Waals surface area contributed by atoms with E-state index in [2.05, 4.69) is 25.7 Å². The van der Waals surface area contributed by atoms with E-state index in [4.69, 9.17) is 0 Å². The molecule has 0 atom stereocenters. The molecule has 0 aliphatic carbocycles. The van der Waals surface area contributed by atoms with Gasteiger partial charge < -0.3 is 5.32 Å². The molecule has 1 aliphatic heterocycles. The van der Waals surface area contributed by atoms with Crippen LogP contribution < -0.4 is 10.6 Å². The van der Waals surface area contributed by atoms with Crippen LogP contribution in [0.15, 0.2) is 43.1 Å². The summed E-state index contributed by atoms with van der Waals surface area (Å²) in [4.78, 5) is 21.9. The Balaban J connectivity index is 1.42. The first kappa shape index (κ1) is 15.9. The van der Waals surface area contributed by atoms with Crippen molar-refractivity contribution in [1.82, 2.24) is 25.1 Å². The third kappa shape index (κ3) is 3.59. The molecule has 0 unspecified atom stereocenters. The summed E-state index contributed by atoms with van der Waals surface area (Å²) in [5.41, 5.74) is 1.44. The molecule has 1 aromatic carbocycles. The summed E-state index contributed by atoms with van der Waals surface area (Å²) < 4.78 is 1.65. The monoisotopic (exact) mass is 354 g/mol. The fraction of sp³-hybridized carbons (Fsp3) is 0.294. The largest absolute Gasteiger partial charge is 0.317 e. The summed E-state index contributed by atoms with van der Waals surface area (Å²) in [5.74, 6) is 0.391. The van der Waals surface area contributed by atoms with Crippen LogP contribution in [0.2, 0.25) is 0 Å². The number of amides is 1. The van der Waals surface area contributed by atoms with E-state index in [1.807, 2.05) is 18.3 Å². The van der Waals surface area contributed by atoms with E-state index < -0.39 is 0 Å². The van der Waals surface area contributed by atoms with Crippen LogP contribution in [-0.2, 0) is 0 Å². The number of hydrogen-bond acceptors (Lipinski definition) is 6. The first-order valence-electron chi connectivity index (χ1n) is 8.22. The first-order chi connectivity index (χ1) is 12.3. The normalized spacial score (nSPS) is 15.2. The summed E-state index contributed by atoms with van der Waals surface area (Å²) in [7, 11) is 0. The molecule has 2 N–H and O–H groups in total. The molecule has 1 amide bonds. The van der Waals surface area contributed by atoms with E-state index >= 15 is 0 Å². The van der Waals surface area contributed by atoms with Gasteiger partial charge in [-0.25, -0.2) is 14.6 Å². The summed E-state index contributed by atoms with van der Waals surface area (Å²) in [6.45, 7) is 2.09. The minimum absolute atomic E-state index is 0.156. The highest BCUT2D eigenvalue weighted by molar-refractivity contribution is 7.15. The lowest BCUT2D eigenvalue weighted by atomic mass is 9.97. The molecule has 0 radical (unpaired) electrons. The Morgan fingerprint density at radius 2 is 2.04 bits per heavy atom. The van der Waals surface area contributed by atoms with Crippen molar-refractivity contribution in [2.45, 2.75) is 18.8 Å². The van der Waals surface area contributed by atoms with Gasteiger partial charge in [0.25, 0.3) is 5.91 Å². The zero-order chi connectivity index (χ0) is 17.1. The Hall–Kier alpha value is -2.58. The van der Waals surface area contributed by atoms with Crippen LogP contribution in [0.25, 0.3) is 5.69 Å². The Kier molecular flexibility index (Phi) is 4.53. The smallest absolute Gasteiger partial charge is 0.257 e. The molecule has 128 valence electrons. The second kappa shape index (κ2) is 7.12. The quantitative estimate of drug-likeness (QED) is 0.752. The van der Waals surface area contributed by atoms with Crippen LogP contribution in [0.4, 0.5) is 5.13 Å². The predicted molar refractivity (Wildman–Crippen MR) is 96.3 cm³/mol. The summed E-state index contributed by atoms with van der Waals surface area (Å²) in [5, 5.41) is 11.0. The lowest BCUT2D eigenvalue weighted by molar-refractivity contribution is 0.102. The van der Waals surface area contributed by atoms with Crippen LogP contribution in [0.5, 0.6) is 0 Å². The molecule has 8 heteroatoms. The Labute approximate surface area is 149 Å². The summed E-state index contributed by atoms with van der Waals surface area (Å²) >= 11 is 1.57. The molecule has 3 aromatic rings. The van der Waals surface area contributed by atoms with Crippen LogP contribution in [-0.4, -0.2) is 38.7 Å². The number of rotatable bonds is 4. The Morgan fingerprint density at radius 3 is 2.76 bits per heavy atom. The molecule has 0 bridgehead atoms. The van der Waals surface area contributed by atoms with Crippen molar-refractivity contribution in [3.05, 3.63) is 53.6 Å². The molecular formula is C17H18N6OS. The van der Waals surface area contributed by atoms with E-state index in [0.717, 1.165) is 31.6 Å². The van der Waals surface area contributed by atoms with Crippen LogP contribution in [0.3, 0.4) is 0 Å². The van der Waals surface area contributed by atoms with Gasteiger partial charge in [-0.15, -0.1) is 11.3 Å². The molecule has 1 aliphatic rings. The van der Waals surface area contributed by atoms with E-state index in [0.29, 0.717) is 16.6 Å². The average Bonchev–Trinajstić information content (AvgIpc) is 3.35. The number of benzene rings is 1. The van der Waals surface area contributed by atoms with E-state index in [1.165, 1.54) is 11.2 Å². The van der Waals surface area contributed by atoms with Gasteiger partial charge in [-0.3, -0.25) is 10.1 Å². The Bertz CT molecular complexity index is 836. The molecule has 1 saturated heterocycles. The number of anilines is 1. The number of nitrogens with one attached hydrogen (secondary N) is 2. The summed E-state index contributed by atoms with van der Waals surface area (Å²) in [6.07, 6.45) is 7.23. The second-order valence-electron chi connectivity index (χ2n) is 5.93. The predicted octanol–water partition coefficient (Wildman–Crippen LogP) is 2.44. The van der Waals surface area contributed by atoms with Crippen LogP contribution in [0, 0.1) is 0 Å². The number of carbonyl (C=O) groups is 1. The maximum absolute atomic E-state index is 12.4. The van der Waals surface area contributed by atoms with Gasteiger partial charge in [0.1, 0.15) is 12.7 Å². The van der Waals surface area contributed by atoms with Gasteiger partial charge in [-0.2, -0.15) is 5.10 Å². The number of thiazole rings is 1. The third-order valence-corrected chi connectivity index (χ3v) is 5.37. The standard InChI is InChI=1S/C17H18N6OS/c24-16(13-1-3-14(4-2-13)23-11-19-10-21-23)22-17-20-9-15(25-17)12-5-7-18-8-6-12/h1-4,9-12,18H,5-8H2,(H,20,22,24). The number of aromatic nitrogens is 4. The first-order valence-corrected chi connectivity index (χ1v) is 9.04. The molecule has 3 heterocycles. The molecule has 7 nitrogen and oxygen atoms in total. The van der Waals surface area contributed by atoms with Crippen molar-refractivity contribution in [3.8, 4) is 5.69 Å². The van der Waals surface area contributed by atoms with Crippen molar-refractivity contribution >= 4 is 22.4 Å². The van der Waals surface area contributed by atoms with Crippen LogP contribution in [0.1, 0.15) is 34.0 Å². The molecule has 2 aromatic heterocycles. The van der Waals surface area contributed by atoms with Crippen molar-refractivity contribution in [2.24, 2.45) is 0 Å². The van der Waals surface area contributed by atoms with Gasteiger partial charge in [0.05, 0.1) is 5.69 Å². The van der Waals surface area contributed by atoms with Crippen molar-refractivity contribution in [2.75, 3.05) is 18.4 Å². The Morgan fingerprint density at radius 1 is 1.24 bits per heavy atom. The van der Waals surface area contributed by atoms with Gasteiger partial charge in [0, 0.05) is 16.6 Å². The highest BCUT2D eigenvalue weighted by atomic mass is 32.1. The van der Waals surface area contributed by atoms with Gasteiger partial charge >= 0.3 is 0 Å². The van der Waals surface area contributed by atoms with Gasteiger partial charge in [-0.05, 0) is 56.1 Å². The van der Waals surface area contributed by atoms with Crippen molar-refractivity contribution < 1.29 is 4.79 Å². The topological polar surface area (TPSA) is 84.7 Å². The van der Waals surface area contributed by atoms with Crippen molar-refractivity contribution in [3.63, 3.8) is 0 Å². The van der Waals surface area contributed by atoms with Gasteiger partial charge in [-0.1, -0.05) is 0 Å². The molecule has 1 fully saturated rings. The maximum Gasteiger partial charge on any atom is 0.257 e. The number of nitrogens with zero attached hydrogens (tertiary/aromatic N) is 4.